The van der Waals surface area contributed by atoms with Crippen LogP contribution < -0.4 is 4.74 Å². The zero-order valence-corrected chi connectivity index (χ0v) is 25.1. The molecular formula is C34H46ClNO4. The summed E-state index contributed by atoms with van der Waals surface area (Å²) in [6.45, 7) is 2.73. The molecule has 1 atom stereocenters. The van der Waals surface area contributed by atoms with Crippen molar-refractivity contribution in [3.05, 3.63) is 70.3 Å². The molecule has 0 aliphatic carbocycles. The maximum atomic E-state index is 13.2. The fraction of sp³-hybridized carbons (Fsp3) is 0.529. The molecule has 0 radical (unpaired) electrons. The van der Waals surface area contributed by atoms with Gasteiger partial charge in [-0.3, -0.25) is 9.59 Å². The summed E-state index contributed by atoms with van der Waals surface area (Å²) in [5, 5.41) is 11.8. The third kappa shape index (κ3) is 9.12. The van der Waals surface area contributed by atoms with Crippen molar-refractivity contribution in [2.45, 2.75) is 103 Å². The Morgan fingerprint density at radius 1 is 0.775 bits per heavy atom. The van der Waals surface area contributed by atoms with Crippen molar-refractivity contribution in [1.82, 2.24) is 4.90 Å². The van der Waals surface area contributed by atoms with Gasteiger partial charge in [0.05, 0.1) is 18.7 Å². The standard InChI is InChI=1S/C34H46ClNO4/c1-3-4-5-6-7-8-9-10-11-12-13-14-15-16-25-36-31(26-17-21-28(35)22-18-26)30(33(38)34(36)39)32(37)27-19-23-29(40-2)24-20-27/h17-24,31,37H,3-16,25H2,1-2H3/b32-30-. The number of benzene rings is 2. The zero-order valence-electron chi connectivity index (χ0n) is 24.3. The first-order valence-electron chi connectivity index (χ1n) is 15.2. The molecule has 1 unspecified atom stereocenters. The van der Waals surface area contributed by atoms with Gasteiger partial charge >= 0.3 is 0 Å². The Labute approximate surface area is 245 Å². The van der Waals surface area contributed by atoms with E-state index in [0.717, 1.165) is 24.8 Å². The molecule has 1 aliphatic rings. The monoisotopic (exact) mass is 567 g/mol. The van der Waals surface area contributed by atoms with Crippen molar-refractivity contribution < 1.29 is 19.4 Å². The van der Waals surface area contributed by atoms with Gasteiger partial charge in [0.1, 0.15) is 11.5 Å². The Morgan fingerprint density at radius 2 is 1.27 bits per heavy atom. The lowest BCUT2D eigenvalue weighted by atomic mass is 9.95. The van der Waals surface area contributed by atoms with Crippen LogP contribution in [0.15, 0.2) is 54.1 Å². The summed E-state index contributed by atoms with van der Waals surface area (Å²) in [7, 11) is 1.57. The van der Waals surface area contributed by atoms with Crippen molar-refractivity contribution in [2.24, 2.45) is 0 Å². The van der Waals surface area contributed by atoms with E-state index >= 15 is 0 Å². The number of carbonyl (C=O) groups excluding carboxylic acids is 2. The molecule has 5 nitrogen and oxygen atoms in total. The number of rotatable bonds is 18. The molecule has 6 heteroatoms. The second kappa shape index (κ2) is 17.1. The first kappa shape index (κ1) is 31.7. The van der Waals surface area contributed by atoms with Crippen molar-refractivity contribution in [1.29, 1.82) is 0 Å². The predicted octanol–water partition coefficient (Wildman–Crippen LogP) is 9.25. The number of methoxy groups -OCH3 is 1. The molecule has 1 heterocycles. The van der Waals surface area contributed by atoms with E-state index in [1.807, 2.05) is 12.1 Å². The SMILES string of the molecule is CCCCCCCCCCCCCCCCN1C(=O)C(=O)/C(=C(\O)c2ccc(OC)cc2)C1c1ccc(Cl)cc1. The molecule has 218 valence electrons. The van der Waals surface area contributed by atoms with Crippen LogP contribution in [-0.2, 0) is 9.59 Å². The Bertz CT molecular complexity index is 1090. The van der Waals surface area contributed by atoms with Gasteiger partial charge in [0.25, 0.3) is 11.7 Å². The van der Waals surface area contributed by atoms with E-state index in [4.69, 9.17) is 16.3 Å². The van der Waals surface area contributed by atoms with Gasteiger partial charge in [0, 0.05) is 17.1 Å². The number of Topliss-reactive ketones (excluding diaryl/α,β-unsaturated/α-hetero) is 1. The molecule has 40 heavy (non-hydrogen) atoms. The van der Waals surface area contributed by atoms with Crippen LogP contribution in [0.5, 0.6) is 5.75 Å². The van der Waals surface area contributed by atoms with E-state index in [1.54, 1.807) is 48.4 Å². The molecule has 1 saturated heterocycles. The van der Waals surface area contributed by atoms with Crippen LogP contribution >= 0.6 is 11.6 Å². The normalized spacial score (nSPS) is 16.6. The number of aliphatic hydroxyl groups is 1. The van der Waals surface area contributed by atoms with Crippen molar-refractivity contribution in [3.8, 4) is 5.75 Å². The summed E-state index contributed by atoms with van der Waals surface area (Å²) in [6, 6.07) is 13.3. The fourth-order valence-electron chi connectivity index (χ4n) is 5.48. The summed E-state index contributed by atoms with van der Waals surface area (Å²) in [4.78, 5) is 28.0. The lowest BCUT2D eigenvalue weighted by Crippen LogP contribution is -2.30. The average Bonchev–Trinajstić information content (AvgIpc) is 3.22. The van der Waals surface area contributed by atoms with E-state index < -0.39 is 17.7 Å². The minimum atomic E-state index is -0.654. The molecule has 3 rings (SSSR count). The fourth-order valence-corrected chi connectivity index (χ4v) is 5.61. The number of carbonyl (C=O) groups is 2. The summed E-state index contributed by atoms with van der Waals surface area (Å²) in [5.74, 6) is -0.753. The van der Waals surface area contributed by atoms with Crippen LogP contribution in [-0.4, -0.2) is 35.4 Å². The van der Waals surface area contributed by atoms with E-state index in [9.17, 15) is 14.7 Å². The van der Waals surface area contributed by atoms with Crippen molar-refractivity contribution in [2.75, 3.05) is 13.7 Å². The molecule has 0 spiro atoms. The minimum Gasteiger partial charge on any atom is -0.507 e. The smallest absolute Gasteiger partial charge is 0.295 e. The van der Waals surface area contributed by atoms with Crippen LogP contribution in [0.3, 0.4) is 0 Å². The number of halogens is 1. The average molecular weight is 568 g/mol. The van der Waals surface area contributed by atoms with Crippen LogP contribution in [0.4, 0.5) is 0 Å². The molecule has 0 bridgehead atoms. The van der Waals surface area contributed by atoms with Gasteiger partial charge in [0.15, 0.2) is 0 Å². The zero-order chi connectivity index (χ0) is 28.7. The highest BCUT2D eigenvalue weighted by Crippen LogP contribution is 2.40. The number of likely N-dealkylation sites (tertiary alicyclic amines) is 1. The third-order valence-corrected chi connectivity index (χ3v) is 8.09. The van der Waals surface area contributed by atoms with Gasteiger partial charge in [-0.25, -0.2) is 0 Å². The van der Waals surface area contributed by atoms with Gasteiger partial charge in [-0.2, -0.15) is 0 Å². The Hall–Kier alpha value is -2.79. The van der Waals surface area contributed by atoms with Crippen LogP contribution in [0.1, 0.15) is 114 Å². The maximum absolute atomic E-state index is 13.2. The van der Waals surface area contributed by atoms with Crippen LogP contribution in [0.25, 0.3) is 5.76 Å². The van der Waals surface area contributed by atoms with Crippen LogP contribution in [0.2, 0.25) is 5.02 Å². The molecular weight excluding hydrogens is 522 g/mol. The van der Waals surface area contributed by atoms with Crippen molar-refractivity contribution in [3.63, 3.8) is 0 Å². The molecule has 0 saturated carbocycles. The summed E-state index contributed by atoms with van der Waals surface area (Å²) < 4.78 is 5.21. The van der Waals surface area contributed by atoms with Gasteiger partial charge in [-0.15, -0.1) is 0 Å². The Balaban J connectivity index is 1.54. The molecule has 0 aromatic heterocycles. The number of ketones is 1. The first-order chi connectivity index (χ1) is 19.5. The highest BCUT2D eigenvalue weighted by molar-refractivity contribution is 6.46. The molecule has 1 amide bonds. The second-order valence-electron chi connectivity index (χ2n) is 10.9. The summed E-state index contributed by atoms with van der Waals surface area (Å²) in [6.07, 6.45) is 17.6. The van der Waals surface area contributed by atoms with Gasteiger partial charge < -0.3 is 14.7 Å². The van der Waals surface area contributed by atoms with E-state index in [1.165, 1.54) is 70.6 Å². The second-order valence-corrected chi connectivity index (χ2v) is 11.3. The molecule has 2 aromatic carbocycles. The highest BCUT2D eigenvalue weighted by atomic mass is 35.5. The molecule has 1 N–H and O–H groups in total. The number of amides is 1. The Kier molecular flexibility index (Phi) is 13.6. The molecule has 1 fully saturated rings. The van der Waals surface area contributed by atoms with E-state index in [0.29, 0.717) is 22.9 Å². The van der Waals surface area contributed by atoms with Crippen molar-refractivity contribution >= 4 is 29.1 Å². The van der Waals surface area contributed by atoms with Crippen LogP contribution in [0, 0.1) is 0 Å². The molecule has 2 aromatic rings. The maximum Gasteiger partial charge on any atom is 0.295 e. The lowest BCUT2D eigenvalue weighted by molar-refractivity contribution is -0.139. The van der Waals surface area contributed by atoms with E-state index in [-0.39, 0.29) is 11.3 Å². The number of hydrogen-bond donors (Lipinski definition) is 1. The topological polar surface area (TPSA) is 66.8 Å². The quantitative estimate of drug-likeness (QED) is 0.0843. The molecule has 1 aliphatic heterocycles. The first-order valence-corrected chi connectivity index (χ1v) is 15.5. The summed E-state index contributed by atoms with van der Waals surface area (Å²) in [5.41, 5.74) is 1.33. The Morgan fingerprint density at radius 3 is 1.77 bits per heavy atom. The number of unbranched alkanes of at least 4 members (excludes halogenated alkanes) is 13. The minimum absolute atomic E-state index is 0.114. The third-order valence-electron chi connectivity index (χ3n) is 7.84. The largest absolute Gasteiger partial charge is 0.507 e. The number of hydrogen-bond acceptors (Lipinski definition) is 4. The van der Waals surface area contributed by atoms with Gasteiger partial charge in [-0.1, -0.05) is 114 Å². The lowest BCUT2D eigenvalue weighted by Gasteiger charge is -2.25. The summed E-state index contributed by atoms with van der Waals surface area (Å²) >= 11 is 6.12. The number of nitrogens with zero attached hydrogens (tertiary/aromatic N) is 1. The van der Waals surface area contributed by atoms with Gasteiger partial charge in [-0.05, 0) is 48.4 Å². The van der Waals surface area contributed by atoms with E-state index in [2.05, 4.69) is 6.92 Å². The number of aliphatic hydroxyl groups excluding tert-OH is 1. The predicted molar refractivity (Wildman–Crippen MR) is 164 cm³/mol. The number of ether oxygens (including phenoxy) is 1. The highest BCUT2D eigenvalue weighted by Gasteiger charge is 2.45. The van der Waals surface area contributed by atoms with Gasteiger partial charge in [0.2, 0.25) is 0 Å².